The van der Waals surface area contributed by atoms with Gasteiger partial charge in [0.1, 0.15) is 0 Å². The third-order valence-corrected chi connectivity index (χ3v) is 5.94. The number of nitrogens with zero attached hydrogens (tertiary/aromatic N) is 1. The van der Waals surface area contributed by atoms with Crippen LogP contribution >= 0.6 is 15.9 Å². The van der Waals surface area contributed by atoms with Gasteiger partial charge in [-0.15, -0.1) is 4.83 Å². The van der Waals surface area contributed by atoms with E-state index in [1.807, 2.05) is 12.1 Å². The number of nitrogens with one attached hydrogen (secondary N) is 2. The highest BCUT2D eigenvalue weighted by Gasteiger charge is 2.18. The predicted octanol–water partition coefficient (Wildman–Crippen LogP) is 2.92. The first-order valence-corrected chi connectivity index (χ1v) is 10.1. The number of sulfonamides is 1. The molecule has 0 heterocycles. The Labute approximate surface area is 156 Å². The highest BCUT2D eigenvalue weighted by molar-refractivity contribution is 9.10. The van der Waals surface area contributed by atoms with Gasteiger partial charge in [-0.3, -0.25) is 10.2 Å². The summed E-state index contributed by atoms with van der Waals surface area (Å²) < 4.78 is 24.9. The van der Waals surface area contributed by atoms with Gasteiger partial charge >= 0.3 is 0 Å². The minimum absolute atomic E-state index is 0.0483. The van der Waals surface area contributed by atoms with Crippen molar-refractivity contribution >= 4 is 37.5 Å². The van der Waals surface area contributed by atoms with E-state index in [0.29, 0.717) is 10.0 Å². The molecule has 0 unspecified atom stereocenters. The Morgan fingerprint density at radius 1 is 1.04 bits per heavy atom. The minimum atomic E-state index is -3.86. The molecule has 0 radical (unpaired) electrons. The molecule has 2 aromatic rings. The molecule has 1 amide bonds. The first kappa shape index (κ1) is 19.4. The second-order valence-electron chi connectivity index (χ2n) is 5.21. The van der Waals surface area contributed by atoms with Crippen LogP contribution in [0.4, 0.5) is 5.69 Å². The number of halogens is 1. The molecule has 2 N–H and O–H groups in total. The molecule has 2 aromatic carbocycles. The van der Waals surface area contributed by atoms with Crippen molar-refractivity contribution < 1.29 is 13.2 Å². The lowest BCUT2D eigenvalue weighted by atomic mass is 10.2. The van der Waals surface area contributed by atoms with E-state index in [1.54, 1.807) is 30.3 Å². The zero-order valence-electron chi connectivity index (χ0n) is 14.0. The van der Waals surface area contributed by atoms with Crippen molar-refractivity contribution in [2.75, 3.05) is 18.0 Å². The van der Waals surface area contributed by atoms with Crippen LogP contribution in [-0.4, -0.2) is 27.4 Å². The molecule has 0 aliphatic carbocycles. The summed E-state index contributed by atoms with van der Waals surface area (Å²) in [6.45, 7) is 5.85. The van der Waals surface area contributed by atoms with Gasteiger partial charge in [0.05, 0.1) is 4.90 Å². The average molecular weight is 426 g/mol. The lowest BCUT2D eigenvalue weighted by molar-refractivity contribution is 0.0945. The van der Waals surface area contributed by atoms with Crippen LogP contribution in [0.25, 0.3) is 0 Å². The molecule has 0 fully saturated rings. The van der Waals surface area contributed by atoms with E-state index < -0.39 is 15.9 Å². The fourth-order valence-electron chi connectivity index (χ4n) is 2.32. The first-order valence-electron chi connectivity index (χ1n) is 7.80. The number of hydrogen-bond donors (Lipinski definition) is 2. The molecule has 0 atom stereocenters. The summed E-state index contributed by atoms with van der Waals surface area (Å²) in [5, 5.41) is 0. The molecule has 6 nitrogen and oxygen atoms in total. The van der Waals surface area contributed by atoms with Crippen molar-refractivity contribution in [3.05, 3.63) is 58.6 Å². The van der Waals surface area contributed by atoms with Gasteiger partial charge in [-0.05, 0) is 66.2 Å². The number of carbonyl (C=O) groups is 1. The van der Waals surface area contributed by atoms with Gasteiger partial charge in [0.25, 0.3) is 15.9 Å². The number of hydrazine groups is 1. The van der Waals surface area contributed by atoms with Crippen LogP contribution in [-0.2, 0) is 10.0 Å². The van der Waals surface area contributed by atoms with Crippen LogP contribution in [0.2, 0.25) is 0 Å². The third-order valence-electron chi connectivity index (χ3n) is 3.68. The van der Waals surface area contributed by atoms with Gasteiger partial charge in [-0.1, -0.05) is 12.1 Å². The minimum Gasteiger partial charge on any atom is -0.372 e. The monoisotopic (exact) mass is 425 g/mol. The average Bonchev–Trinajstić information content (AvgIpc) is 2.61. The van der Waals surface area contributed by atoms with Crippen LogP contribution in [0.1, 0.15) is 24.2 Å². The van der Waals surface area contributed by atoms with E-state index in [-0.39, 0.29) is 4.90 Å². The highest BCUT2D eigenvalue weighted by atomic mass is 79.9. The SMILES string of the molecule is CCN(CC)c1ccc(C(=O)NNS(=O)(=O)c2ccccc2Br)cc1. The van der Waals surface area contributed by atoms with E-state index >= 15 is 0 Å². The fraction of sp³-hybridized carbons (Fsp3) is 0.235. The first-order chi connectivity index (χ1) is 11.9. The van der Waals surface area contributed by atoms with Gasteiger partial charge in [0.2, 0.25) is 0 Å². The van der Waals surface area contributed by atoms with Gasteiger partial charge in [0.15, 0.2) is 0 Å². The van der Waals surface area contributed by atoms with Crippen molar-refractivity contribution in [2.45, 2.75) is 18.7 Å². The van der Waals surface area contributed by atoms with Crippen LogP contribution in [0, 0.1) is 0 Å². The number of anilines is 1. The summed E-state index contributed by atoms with van der Waals surface area (Å²) in [5.41, 5.74) is 3.61. The molecule has 25 heavy (non-hydrogen) atoms. The predicted molar refractivity (Wildman–Crippen MR) is 102 cm³/mol. The van der Waals surface area contributed by atoms with Crippen LogP contribution in [0.3, 0.4) is 0 Å². The third kappa shape index (κ3) is 4.81. The van der Waals surface area contributed by atoms with E-state index in [2.05, 4.69) is 44.9 Å². The normalized spacial score (nSPS) is 11.2. The quantitative estimate of drug-likeness (QED) is 0.668. The second-order valence-corrected chi connectivity index (χ2v) is 7.71. The Kier molecular flexibility index (Phi) is 6.57. The summed E-state index contributed by atoms with van der Waals surface area (Å²) in [4.78, 5) is 16.5. The second kappa shape index (κ2) is 8.46. The summed E-state index contributed by atoms with van der Waals surface area (Å²) >= 11 is 3.18. The lowest BCUT2D eigenvalue weighted by Crippen LogP contribution is -2.41. The lowest BCUT2D eigenvalue weighted by Gasteiger charge is -2.21. The maximum atomic E-state index is 12.2. The Morgan fingerprint density at radius 3 is 2.20 bits per heavy atom. The molecule has 8 heteroatoms. The topological polar surface area (TPSA) is 78.5 Å². The Bertz CT molecular complexity index is 834. The molecule has 0 bridgehead atoms. The highest BCUT2D eigenvalue weighted by Crippen LogP contribution is 2.20. The molecular weight excluding hydrogens is 406 g/mol. The Hall–Kier alpha value is -1.90. The number of benzene rings is 2. The van der Waals surface area contributed by atoms with Crippen molar-refractivity contribution in [2.24, 2.45) is 0 Å². The maximum absolute atomic E-state index is 12.2. The molecule has 2 rings (SSSR count). The molecule has 0 aliphatic rings. The number of hydrogen-bond acceptors (Lipinski definition) is 4. The van der Waals surface area contributed by atoms with E-state index in [4.69, 9.17) is 0 Å². The Balaban J connectivity index is 2.06. The van der Waals surface area contributed by atoms with Crippen molar-refractivity contribution in [3.63, 3.8) is 0 Å². The zero-order valence-corrected chi connectivity index (χ0v) is 16.4. The molecule has 0 aromatic heterocycles. The van der Waals surface area contributed by atoms with Gasteiger partial charge in [0, 0.05) is 28.8 Å². The molecule has 0 spiro atoms. The smallest absolute Gasteiger partial charge is 0.266 e. The van der Waals surface area contributed by atoms with E-state index in [9.17, 15) is 13.2 Å². The van der Waals surface area contributed by atoms with E-state index in [1.165, 1.54) is 6.07 Å². The summed E-state index contributed by atoms with van der Waals surface area (Å²) in [7, 11) is -3.86. The standard InChI is InChI=1S/C17H20BrN3O3S/c1-3-21(4-2)14-11-9-13(10-12-14)17(22)19-20-25(23,24)16-8-6-5-7-15(16)18/h5-12,20H,3-4H2,1-2H3,(H,19,22). The number of rotatable bonds is 7. The van der Waals surface area contributed by atoms with Crippen molar-refractivity contribution in [3.8, 4) is 0 Å². The van der Waals surface area contributed by atoms with Crippen molar-refractivity contribution in [1.29, 1.82) is 0 Å². The summed E-state index contributed by atoms with van der Waals surface area (Å²) in [6, 6.07) is 13.4. The van der Waals surface area contributed by atoms with Crippen LogP contribution in [0.15, 0.2) is 57.9 Å². The van der Waals surface area contributed by atoms with Crippen molar-refractivity contribution in [1.82, 2.24) is 10.3 Å². The van der Waals surface area contributed by atoms with Crippen LogP contribution in [0.5, 0.6) is 0 Å². The molecule has 134 valence electrons. The molecule has 0 aliphatic heterocycles. The molecule has 0 saturated carbocycles. The summed E-state index contributed by atoms with van der Waals surface area (Å²) in [6.07, 6.45) is 0. The van der Waals surface area contributed by atoms with E-state index in [0.717, 1.165) is 18.8 Å². The van der Waals surface area contributed by atoms with Gasteiger partial charge < -0.3 is 4.90 Å². The zero-order chi connectivity index (χ0) is 18.4. The Morgan fingerprint density at radius 2 is 1.64 bits per heavy atom. The number of amides is 1. The fourth-order valence-corrected chi connectivity index (χ4v) is 4.16. The van der Waals surface area contributed by atoms with Crippen LogP contribution < -0.4 is 15.2 Å². The maximum Gasteiger partial charge on any atom is 0.266 e. The van der Waals surface area contributed by atoms with Gasteiger partial charge in [-0.25, -0.2) is 8.42 Å². The van der Waals surface area contributed by atoms with Gasteiger partial charge in [-0.2, -0.15) is 0 Å². The number of carbonyl (C=O) groups excluding carboxylic acids is 1. The molecular formula is C17H20BrN3O3S. The summed E-state index contributed by atoms with van der Waals surface area (Å²) in [5.74, 6) is -0.526. The molecule has 0 saturated heterocycles. The largest absolute Gasteiger partial charge is 0.372 e.